The van der Waals surface area contributed by atoms with Crippen molar-refractivity contribution in [1.29, 1.82) is 0 Å². The van der Waals surface area contributed by atoms with Gasteiger partial charge in [0.25, 0.3) is 0 Å². The zero-order valence-corrected chi connectivity index (χ0v) is 53.7. The molecule has 0 aliphatic carbocycles. The zero-order valence-electron chi connectivity index (χ0n) is 53.7. The molecule has 0 aliphatic heterocycles. The van der Waals surface area contributed by atoms with Crippen LogP contribution in [0.2, 0.25) is 0 Å². The summed E-state index contributed by atoms with van der Waals surface area (Å²) in [5.74, 6) is -0.897. The Balaban J connectivity index is 4.18. The molecule has 6 heteroatoms. The maximum atomic E-state index is 12.9. The molecule has 0 saturated heterocycles. The van der Waals surface area contributed by atoms with Crippen LogP contribution in [-0.4, -0.2) is 37.2 Å². The molecule has 0 aliphatic rings. The Kier molecular flexibility index (Phi) is 65.8. The Hall–Kier alpha value is -4.19. The van der Waals surface area contributed by atoms with Gasteiger partial charge in [0.2, 0.25) is 0 Å². The highest BCUT2D eigenvalue weighted by atomic mass is 16.6. The SMILES string of the molecule is CC/C=C\C/C=C\C/C=C\C/C=C\C/C=C\CCCCCCCCCC(=O)OC(COC(=O)CCCCCCC/C=C\CCC)COC(=O)CCCCCCCCCCCCCCCCCCCC/C=C\C/C=C\C/C=C\C/C=C\CC. The largest absolute Gasteiger partial charge is 0.462 e. The first kappa shape index (κ1) is 77.8. The van der Waals surface area contributed by atoms with E-state index in [9.17, 15) is 14.4 Å². The van der Waals surface area contributed by atoms with Gasteiger partial charge in [-0.25, -0.2) is 0 Å². The molecule has 1 unspecified atom stereocenters. The van der Waals surface area contributed by atoms with Crippen LogP contribution >= 0.6 is 0 Å². The fraction of sp³-hybridized carbons (Fsp3) is 0.697. The Morgan fingerprint density at radius 1 is 0.256 bits per heavy atom. The molecule has 0 aromatic rings. The van der Waals surface area contributed by atoms with Crippen LogP contribution in [0.1, 0.15) is 323 Å². The van der Waals surface area contributed by atoms with E-state index in [0.717, 1.165) is 141 Å². The molecule has 82 heavy (non-hydrogen) atoms. The Bertz CT molecular complexity index is 1690. The van der Waals surface area contributed by atoms with E-state index >= 15 is 0 Å². The van der Waals surface area contributed by atoms with E-state index in [-0.39, 0.29) is 31.1 Å². The lowest BCUT2D eigenvalue weighted by Gasteiger charge is -2.18. The van der Waals surface area contributed by atoms with Gasteiger partial charge in [-0.1, -0.05) is 303 Å². The maximum Gasteiger partial charge on any atom is 0.306 e. The third-order valence-electron chi connectivity index (χ3n) is 14.7. The molecule has 0 radical (unpaired) electrons. The van der Waals surface area contributed by atoms with Crippen LogP contribution in [0.4, 0.5) is 0 Å². The van der Waals surface area contributed by atoms with Crippen molar-refractivity contribution in [1.82, 2.24) is 0 Å². The van der Waals surface area contributed by atoms with Crippen molar-refractivity contribution in [3.63, 3.8) is 0 Å². The molecule has 0 rings (SSSR count). The van der Waals surface area contributed by atoms with E-state index in [1.54, 1.807) is 0 Å². The van der Waals surface area contributed by atoms with Crippen LogP contribution in [0.25, 0.3) is 0 Å². The average Bonchev–Trinajstić information content (AvgIpc) is 3.47. The van der Waals surface area contributed by atoms with Gasteiger partial charge >= 0.3 is 17.9 Å². The van der Waals surface area contributed by atoms with Crippen LogP contribution < -0.4 is 0 Å². The summed E-state index contributed by atoms with van der Waals surface area (Å²) < 4.78 is 16.9. The van der Waals surface area contributed by atoms with E-state index in [1.807, 2.05) is 0 Å². The summed E-state index contributed by atoms with van der Waals surface area (Å²) in [4.78, 5) is 38.3. The first-order valence-electron chi connectivity index (χ1n) is 34.5. The monoisotopic (exact) mass is 1140 g/mol. The molecule has 0 heterocycles. The number of allylic oxidation sites excluding steroid dienone is 20. The van der Waals surface area contributed by atoms with Crippen molar-refractivity contribution >= 4 is 17.9 Å². The summed E-state index contributed by atoms with van der Waals surface area (Å²) in [5, 5.41) is 0. The van der Waals surface area contributed by atoms with Gasteiger partial charge in [-0.2, -0.15) is 0 Å². The van der Waals surface area contributed by atoms with Crippen molar-refractivity contribution < 1.29 is 28.6 Å². The molecule has 0 spiro atoms. The normalized spacial score (nSPS) is 12.9. The van der Waals surface area contributed by atoms with Gasteiger partial charge in [0.1, 0.15) is 13.2 Å². The minimum Gasteiger partial charge on any atom is -0.462 e. The van der Waals surface area contributed by atoms with Gasteiger partial charge in [-0.05, 0) is 122 Å². The Labute approximate surface area is 507 Å². The van der Waals surface area contributed by atoms with Gasteiger partial charge in [0, 0.05) is 19.3 Å². The number of carbonyl (C=O) groups excluding carboxylic acids is 3. The van der Waals surface area contributed by atoms with Crippen LogP contribution in [0.5, 0.6) is 0 Å². The summed E-state index contributed by atoms with van der Waals surface area (Å²) >= 11 is 0. The third kappa shape index (κ3) is 66.6. The highest BCUT2D eigenvalue weighted by molar-refractivity contribution is 5.71. The minimum absolute atomic E-state index is 0.0845. The van der Waals surface area contributed by atoms with E-state index < -0.39 is 6.10 Å². The summed E-state index contributed by atoms with van der Waals surface area (Å²) in [6.45, 7) is 6.36. The molecular weight excluding hydrogens is 1010 g/mol. The van der Waals surface area contributed by atoms with Crippen molar-refractivity contribution in [2.24, 2.45) is 0 Å². The van der Waals surface area contributed by atoms with Crippen LogP contribution in [0.15, 0.2) is 122 Å². The molecule has 468 valence electrons. The zero-order chi connectivity index (χ0) is 59.2. The number of ether oxygens (including phenoxy) is 3. The van der Waals surface area contributed by atoms with Crippen LogP contribution in [0, 0.1) is 0 Å². The summed E-state index contributed by atoms with van der Waals surface area (Å²) in [7, 11) is 0. The fourth-order valence-corrected chi connectivity index (χ4v) is 9.58. The molecule has 0 bridgehead atoms. The predicted octanol–water partition coefficient (Wildman–Crippen LogP) is 23.9. The Morgan fingerprint density at radius 3 is 0.756 bits per heavy atom. The maximum absolute atomic E-state index is 12.9. The number of hydrogen-bond donors (Lipinski definition) is 0. The topological polar surface area (TPSA) is 78.9 Å². The summed E-state index contributed by atoms with van der Waals surface area (Å²) in [6.07, 6.45) is 96.6. The van der Waals surface area contributed by atoms with E-state index in [2.05, 4.69) is 142 Å². The third-order valence-corrected chi connectivity index (χ3v) is 14.7. The first-order valence-corrected chi connectivity index (χ1v) is 34.5. The second-order valence-corrected chi connectivity index (χ2v) is 22.7. The lowest BCUT2D eigenvalue weighted by molar-refractivity contribution is -0.167. The minimum atomic E-state index is -0.789. The Morgan fingerprint density at radius 2 is 0.476 bits per heavy atom. The van der Waals surface area contributed by atoms with Crippen molar-refractivity contribution in [2.75, 3.05) is 13.2 Å². The number of hydrogen-bond acceptors (Lipinski definition) is 6. The van der Waals surface area contributed by atoms with E-state index in [1.165, 1.54) is 141 Å². The molecule has 0 aromatic carbocycles. The molecule has 0 amide bonds. The average molecular weight is 1140 g/mol. The molecule has 0 saturated carbocycles. The van der Waals surface area contributed by atoms with E-state index in [0.29, 0.717) is 19.3 Å². The molecular formula is C76H128O6. The lowest BCUT2D eigenvalue weighted by Crippen LogP contribution is -2.30. The molecule has 0 N–H and O–H groups in total. The lowest BCUT2D eigenvalue weighted by atomic mass is 10.0. The van der Waals surface area contributed by atoms with Gasteiger partial charge in [0.15, 0.2) is 6.10 Å². The smallest absolute Gasteiger partial charge is 0.306 e. The van der Waals surface area contributed by atoms with E-state index in [4.69, 9.17) is 14.2 Å². The number of esters is 3. The molecule has 1 atom stereocenters. The summed E-state index contributed by atoms with van der Waals surface area (Å²) in [5.41, 5.74) is 0. The quantitative estimate of drug-likeness (QED) is 0.0261. The fourth-order valence-electron chi connectivity index (χ4n) is 9.58. The number of unbranched alkanes of at least 4 members (excludes halogenated alkanes) is 31. The standard InChI is InChI=1S/C76H128O6/c1-4-7-10-13-16-19-22-24-26-28-30-32-34-35-36-37-38-39-40-41-43-44-46-48-50-52-54-57-60-63-66-69-75(78)81-72-73(71-80-74(77)68-65-62-59-56-21-18-15-12-9-6-3)82-76(79)70-67-64-61-58-55-53-51-49-47-45-42-33-31-29-27-25-23-20-17-14-11-8-5-2/h7-8,10-12,15-17,19-20,24-27,30-33,45,47,73H,4-6,9,13-14,18,21-23,28-29,34-44,46,48-72H2,1-3H3/b10-7-,11-8-,15-12-,19-16-,20-17-,26-24-,27-25-,32-30-,33-31-,47-45-. The van der Waals surface area contributed by atoms with Crippen molar-refractivity contribution in [2.45, 2.75) is 329 Å². The number of carbonyl (C=O) groups is 3. The highest BCUT2D eigenvalue weighted by Crippen LogP contribution is 2.17. The van der Waals surface area contributed by atoms with Gasteiger partial charge in [-0.15, -0.1) is 0 Å². The molecule has 0 fully saturated rings. The second-order valence-electron chi connectivity index (χ2n) is 22.7. The predicted molar refractivity (Wildman–Crippen MR) is 357 cm³/mol. The van der Waals surface area contributed by atoms with Gasteiger partial charge in [0.05, 0.1) is 0 Å². The van der Waals surface area contributed by atoms with Gasteiger partial charge < -0.3 is 14.2 Å². The van der Waals surface area contributed by atoms with Gasteiger partial charge in [-0.3, -0.25) is 14.4 Å². The molecule has 6 nitrogen and oxygen atoms in total. The van der Waals surface area contributed by atoms with Crippen molar-refractivity contribution in [3.8, 4) is 0 Å². The molecule has 0 aromatic heterocycles. The highest BCUT2D eigenvalue weighted by Gasteiger charge is 2.19. The van der Waals surface area contributed by atoms with Crippen LogP contribution in [0.3, 0.4) is 0 Å². The second kappa shape index (κ2) is 69.3. The first-order chi connectivity index (χ1) is 40.5. The van der Waals surface area contributed by atoms with Crippen molar-refractivity contribution in [3.05, 3.63) is 122 Å². The number of rotatable bonds is 62. The summed E-state index contributed by atoms with van der Waals surface area (Å²) in [6, 6.07) is 0. The van der Waals surface area contributed by atoms with Crippen LogP contribution in [-0.2, 0) is 28.6 Å².